The summed E-state index contributed by atoms with van der Waals surface area (Å²) in [6, 6.07) is 5.54. The highest BCUT2D eigenvalue weighted by molar-refractivity contribution is 7.89. The lowest BCUT2D eigenvalue weighted by molar-refractivity contribution is 0.342. The van der Waals surface area contributed by atoms with E-state index in [4.69, 9.17) is 0 Å². The molecule has 1 atom stereocenters. The highest BCUT2D eigenvalue weighted by Crippen LogP contribution is 2.24. The topological polar surface area (TPSA) is 49.4 Å². The third-order valence-corrected chi connectivity index (χ3v) is 6.18. The highest BCUT2D eigenvalue weighted by atomic mass is 32.2. The number of sulfonamides is 1. The van der Waals surface area contributed by atoms with Gasteiger partial charge in [0.2, 0.25) is 10.0 Å². The lowest BCUT2D eigenvalue weighted by Crippen LogP contribution is -2.38. The van der Waals surface area contributed by atoms with Gasteiger partial charge in [-0.3, -0.25) is 0 Å². The minimum atomic E-state index is -3.44. The second-order valence-corrected chi connectivity index (χ2v) is 7.15. The van der Waals surface area contributed by atoms with Gasteiger partial charge in [-0.2, -0.15) is 4.31 Å². The molecule has 1 rings (SSSR count). The third-order valence-electron chi connectivity index (χ3n) is 3.94. The Labute approximate surface area is 129 Å². The summed E-state index contributed by atoms with van der Waals surface area (Å²) in [6.45, 7) is 11.8. The van der Waals surface area contributed by atoms with Crippen molar-refractivity contribution in [2.24, 2.45) is 0 Å². The standard InChI is InChI=1S/C16H28N2O2S/c1-6-13(4)18(8-3)21(19,20)16-11-9-10-15(14(16)5)12-17-7-2/h9-11,13,17H,6-8,12H2,1-5H3. The number of rotatable bonds is 8. The second-order valence-electron chi connectivity index (χ2n) is 5.29. The van der Waals surface area contributed by atoms with Crippen LogP contribution in [0.2, 0.25) is 0 Å². The van der Waals surface area contributed by atoms with Crippen molar-refractivity contribution in [3.05, 3.63) is 29.3 Å². The number of nitrogens with zero attached hydrogens (tertiary/aromatic N) is 1. The predicted molar refractivity (Wildman–Crippen MR) is 87.9 cm³/mol. The van der Waals surface area contributed by atoms with Crippen molar-refractivity contribution in [3.63, 3.8) is 0 Å². The zero-order chi connectivity index (χ0) is 16.0. The van der Waals surface area contributed by atoms with E-state index in [-0.39, 0.29) is 6.04 Å². The zero-order valence-corrected chi connectivity index (χ0v) is 14.6. The van der Waals surface area contributed by atoms with Gasteiger partial charge < -0.3 is 5.32 Å². The smallest absolute Gasteiger partial charge is 0.243 e. The molecule has 0 aliphatic rings. The van der Waals surface area contributed by atoms with Crippen molar-refractivity contribution in [2.45, 2.75) is 58.5 Å². The molecule has 0 amide bonds. The van der Waals surface area contributed by atoms with Crippen LogP contribution in [-0.4, -0.2) is 31.9 Å². The number of hydrogen-bond acceptors (Lipinski definition) is 3. The van der Waals surface area contributed by atoms with Crippen LogP contribution in [0.1, 0.15) is 45.2 Å². The van der Waals surface area contributed by atoms with Crippen LogP contribution in [0.15, 0.2) is 23.1 Å². The highest BCUT2D eigenvalue weighted by Gasteiger charge is 2.28. The Kier molecular flexibility index (Phi) is 6.84. The zero-order valence-electron chi connectivity index (χ0n) is 13.8. The maximum Gasteiger partial charge on any atom is 0.243 e. The molecular formula is C16H28N2O2S. The Morgan fingerprint density at radius 3 is 2.43 bits per heavy atom. The molecule has 1 aromatic carbocycles. The van der Waals surface area contributed by atoms with Crippen LogP contribution in [0, 0.1) is 6.92 Å². The Bertz CT molecular complexity index is 555. The molecule has 1 aromatic rings. The van der Waals surface area contributed by atoms with Gasteiger partial charge in [0.15, 0.2) is 0 Å². The minimum absolute atomic E-state index is 0.0109. The fourth-order valence-electron chi connectivity index (χ4n) is 2.44. The normalized spacial score (nSPS) is 13.6. The second kappa shape index (κ2) is 7.92. The monoisotopic (exact) mass is 312 g/mol. The average Bonchev–Trinajstić information content (AvgIpc) is 2.46. The molecule has 0 aliphatic carbocycles. The fourth-order valence-corrected chi connectivity index (χ4v) is 4.42. The molecule has 0 saturated carbocycles. The summed E-state index contributed by atoms with van der Waals surface area (Å²) in [4.78, 5) is 0.431. The van der Waals surface area contributed by atoms with E-state index >= 15 is 0 Å². The molecule has 5 heteroatoms. The van der Waals surface area contributed by atoms with Crippen molar-refractivity contribution in [1.82, 2.24) is 9.62 Å². The summed E-state index contributed by atoms with van der Waals surface area (Å²) in [5.41, 5.74) is 1.89. The lowest BCUT2D eigenvalue weighted by Gasteiger charge is -2.27. The van der Waals surface area contributed by atoms with Gasteiger partial charge in [0, 0.05) is 19.1 Å². The van der Waals surface area contributed by atoms with Gasteiger partial charge >= 0.3 is 0 Å². The first-order valence-corrected chi connectivity index (χ1v) is 9.15. The molecule has 1 N–H and O–H groups in total. The summed E-state index contributed by atoms with van der Waals surface area (Å²) in [5, 5.41) is 3.25. The van der Waals surface area contributed by atoms with Gasteiger partial charge in [0.05, 0.1) is 4.90 Å². The quantitative estimate of drug-likeness (QED) is 0.803. The largest absolute Gasteiger partial charge is 0.313 e. The summed E-state index contributed by atoms with van der Waals surface area (Å²) in [7, 11) is -3.44. The Hall–Kier alpha value is -0.910. The molecule has 0 heterocycles. The molecule has 4 nitrogen and oxygen atoms in total. The molecule has 120 valence electrons. The maximum absolute atomic E-state index is 12.9. The number of nitrogens with one attached hydrogen (secondary N) is 1. The van der Waals surface area contributed by atoms with E-state index in [1.807, 2.05) is 46.8 Å². The van der Waals surface area contributed by atoms with Gasteiger partial charge in [0.25, 0.3) is 0 Å². The van der Waals surface area contributed by atoms with Gasteiger partial charge in [-0.05, 0) is 44.0 Å². The Balaban J connectivity index is 3.25. The number of hydrogen-bond donors (Lipinski definition) is 1. The molecule has 0 radical (unpaired) electrons. The van der Waals surface area contributed by atoms with E-state index in [1.54, 1.807) is 10.4 Å². The Morgan fingerprint density at radius 2 is 1.90 bits per heavy atom. The van der Waals surface area contributed by atoms with Crippen LogP contribution in [0.5, 0.6) is 0 Å². The molecule has 0 bridgehead atoms. The SMILES string of the molecule is CCNCc1cccc(S(=O)(=O)N(CC)C(C)CC)c1C. The maximum atomic E-state index is 12.9. The van der Waals surface area contributed by atoms with Gasteiger partial charge in [-0.15, -0.1) is 0 Å². The summed E-state index contributed by atoms with van der Waals surface area (Å²) in [5.74, 6) is 0. The average molecular weight is 312 g/mol. The van der Waals surface area contributed by atoms with E-state index in [2.05, 4.69) is 5.32 Å². The van der Waals surface area contributed by atoms with Crippen molar-refractivity contribution in [1.29, 1.82) is 0 Å². The van der Waals surface area contributed by atoms with Crippen LogP contribution >= 0.6 is 0 Å². The van der Waals surface area contributed by atoms with Crippen molar-refractivity contribution < 1.29 is 8.42 Å². The molecule has 1 unspecified atom stereocenters. The van der Waals surface area contributed by atoms with Crippen LogP contribution in [0.3, 0.4) is 0 Å². The molecule has 0 spiro atoms. The van der Waals surface area contributed by atoms with Crippen LogP contribution in [0.4, 0.5) is 0 Å². The fraction of sp³-hybridized carbons (Fsp3) is 0.625. The third kappa shape index (κ3) is 4.05. The van der Waals surface area contributed by atoms with Gasteiger partial charge in [0.1, 0.15) is 0 Å². The van der Waals surface area contributed by atoms with E-state index in [0.717, 1.165) is 24.1 Å². The van der Waals surface area contributed by atoms with E-state index < -0.39 is 10.0 Å². The molecule has 0 saturated heterocycles. The van der Waals surface area contributed by atoms with E-state index in [1.165, 1.54) is 0 Å². The summed E-state index contributed by atoms with van der Waals surface area (Å²) < 4.78 is 27.4. The first-order chi connectivity index (χ1) is 9.89. The van der Waals surface area contributed by atoms with Crippen molar-refractivity contribution in [3.8, 4) is 0 Å². The van der Waals surface area contributed by atoms with Gasteiger partial charge in [-0.1, -0.05) is 32.9 Å². The van der Waals surface area contributed by atoms with Gasteiger partial charge in [-0.25, -0.2) is 8.42 Å². The number of benzene rings is 1. The molecule has 0 aliphatic heterocycles. The lowest BCUT2D eigenvalue weighted by atomic mass is 10.1. The van der Waals surface area contributed by atoms with Crippen LogP contribution < -0.4 is 5.32 Å². The van der Waals surface area contributed by atoms with E-state index in [0.29, 0.717) is 18.0 Å². The predicted octanol–water partition coefficient (Wildman–Crippen LogP) is 2.91. The summed E-state index contributed by atoms with van der Waals surface area (Å²) in [6.07, 6.45) is 0.809. The van der Waals surface area contributed by atoms with Crippen LogP contribution in [-0.2, 0) is 16.6 Å². The van der Waals surface area contributed by atoms with Crippen LogP contribution in [0.25, 0.3) is 0 Å². The molecule has 0 aromatic heterocycles. The first-order valence-electron chi connectivity index (χ1n) is 7.71. The first kappa shape index (κ1) is 18.1. The van der Waals surface area contributed by atoms with Crippen molar-refractivity contribution >= 4 is 10.0 Å². The molecular weight excluding hydrogens is 284 g/mol. The Morgan fingerprint density at radius 1 is 1.24 bits per heavy atom. The summed E-state index contributed by atoms with van der Waals surface area (Å²) >= 11 is 0. The minimum Gasteiger partial charge on any atom is -0.313 e. The van der Waals surface area contributed by atoms with E-state index in [9.17, 15) is 8.42 Å². The molecule has 21 heavy (non-hydrogen) atoms. The molecule has 0 fully saturated rings. The van der Waals surface area contributed by atoms with Crippen molar-refractivity contribution in [2.75, 3.05) is 13.1 Å².